The van der Waals surface area contributed by atoms with Crippen LogP contribution >= 0.6 is 11.8 Å². The first-order valence-corrected chi connectivity index (χ1v) is 10.4. The van der Waals surface area contributed by atoms with Gasteiger partial charge in [-0.05, 0) is 56.0 Å². The van der Waals surface area contributed by atoms with Crippen molar-refractivity contribution in [3.05, 3.63) is 48.0 Å². The fourth-order valence-electron chi connectivity index (χ4n) is 2.64. The highest BCUT2D eigenvalue weighted by Gasteiger charge is 2.15. The van der Waals surface area contributed by atoms with Crippen LogP contribution in [-0.2, 0) is 0 Å². The molecule has 0 saturated heterocycles. The molecule has 1 aromatic heterocycles. The van der Waals surface area contributed by atoms with E-state index in [4.69, 9.17) is 13.9 Å². The SMILES string of the molecule is CCOc1ccc(-c2nnc(NC(=O)c3cccc(SCC)c3)o2)cc1OCC. The lowest BCUT2D eigenvalue weighted by molar-refractivity contribution is 0.102. The zero-order valence-corrected chi connectivity index (χ0v) is 17.4. The van der Waals surface area contributed by atoms with E-state index in [-0.39, 0.29) is 17.8 Å². The Hall–Kier alpha value is -3.00. The fraction of sp³-hybridized carbons (Fsp3) is 0.286. The van der Waals surface area contributed by atoms with Gasteiger partial charge in [0.1, 0.15) is 0 Å². The van der Waals surface area contributed by atoms with Gasteiger partial charge in [0, 0.05) is 16.0 Å². The van der Waals surface area contributed by atoms with E-state index >= 15 is 0 Å². The molecule has 0 saturated carbocycles. The molecule has 0 atom stereocenters. The minimum atomic E-state index is -0.305. The van der Waals surface area contributed by atoms with E-state index in [1.807, 2.05) is 32.0 Å². The molecule has 1 N–H and O–H groups in total. The average molecular weight is 413 g/mol. The summed E-state index contributed by atoms with van der Waals surface area (Å²) in [5.74, 6) is 2.15. The van der Waals surface area contributed by atoms with Crippen LogP contribution in [0.3, 0.4) is 0 Å². The van der Waals surface area contributed by atoms with E-state index < -0.39 is 0 Å². The maximum Gasteiger partial charge on any atom is 0.322 e. The molecule has 29 heavy (non-hydrogen) atoms. The number of anilines is 1. The Morgan fingerprint density at radius 2 is 1.83 bits per heavy atom. The van der Waals surface area contributed by atoms with Gasteiger partial charge in [-0.3, -0.25) is 10.1 Å². The van der Waals surface area contributed by atoms with E-state index in [1.165, 1.54) is 0 Å². The van der Waals surface area contributed by atoms with Gasteiger partial charge in [0.25, 0.3) is 5.91 Å². The van der Waals surface area contributed by atoms with E-state index in [2.05, 4.69) is 22.4 Å². The van der Waals surface area contributed by atoms with Crippen molar-refractivity contribution in [1.82, 2.24) is 10.2 Å². The van der Waals surface area contributed by atoms with E-state index in [0.29, 0.717) is 35.8 Å². The molecular formula is C21H23N3O4S. The number of thioether (sulfide) groups is 1. The predicted octanol–water partition coefficient (Wildman–Crippen LogP) is 4.90. The first-order chi connectivity index (χ1) is 14.1. The summed E-state index contributed by atoms with van der Waals surface area (Å²) in [7, 11) is 0. The molecule has 1 heterocycles. The van der Waals surface area contributed by atoms with Crippen molar-refractivity contribution in [1.29, 1.82) is 0 Å². The molecular weight excluding hydrogens is 390 g/mol. The summed E-state index contributed by atoms with van der Waals surface area (Å²) in [6, 6.07) is 12.8. The van der Waals surface area contributed by atoms with Crippen LogP contribution in [0.15, 0.2) is 51.8 Å². The highest BCUT2D eigenvalue weighted by atomic mass is 32.2. The van der Waals surface area contributed by atoms with E-state index in [1.54, 1.807) is 36.0 Å². The summed E-state index contributed by atoms with van der Waals surface area (Å²) in [5.41, 5.74) is 1.20. The number of aromatic nitrogens is 2. The second-order valence-corrected chi connectivity index (χ2v) is 7.19. The molecule has 8 heteroatoms. The lowest BCUT2D eigenvalue weighted by Gasteiger charge is -2.11. The number of benzene rings is 2. The first-order valence-electron chi connectivity index (χ1n) is 9.42. The summed E-state index contributed by atoms with van der Waals surface area (Å²) < 4.78 is 16.8. The van der Waals surface area contributed by atoms with Crippen molar-refractivity contribution in [3.8, 4) is 23.0 Å². The first kappa shape index (κ1) is 20.7. The van der Waals surface area contributed by atoms with E-state index in [0.717, 1.165) is 10.6 Å². The van der Waals surface area contributed by atoms with Crippen molar-refractivity contribution in [2.75, 3.05) is 24.3 Å². The standard InChI is InChI=1S/C21H23N3O4S/c1-4-26-17-11-10-15(13-18(17)27-5-2)20-23-24-21(28-20)22-19(25)14-8-7-9-16(12-14)29-6-3/h7-13H,4-6H2,1-3H3,(H,22,24,25). The molecule has 152 valence electrons. The van der Waals surface area contributed by atoms with Gasteiger partial charge < -0.3 is 13.9 Å². The number of carbonyl (C=O) groups excluding carboxylic acids is 1. The molecule has 1 amide bonds. The number of rotatable bonds is 9. The Kier molecular flexibility index (Phi) is 7.13. The number of nitrogens with zero attached hydrogens (tertiary/aromatic N) is 2. The lowest BCUT2D eigenvalue weighted by Crippen LogP contribution is -2.12. The zero-order chi connectivity index (χ0) is 20.6. The summed E-state index contributed by atoms with van der Waals surface area (Å²) in [6.45, 7) is 6.91. The molecule has 0 aliphatic rings. The van der Waals surface area contributed by atoms with Crippen LogP contribution in [-0.4, -0.2) is 35.1 Å². The second-order valence-electron chi connectivity index (χ2n) is 5.85. The van der Waals surface area contributed by atoms with Crippen LogP contribution in [0.25, 0.3) is 11.5 Å². The summed E-state index contributed by atoms with van der Waals surface area (Å²) in [5, 5.41) is 10.6. The largest absolute Gasteiger partial charge is 0.490 e. The van der Waals surface area contributed by atoms with Crippen LogP contribution in [0.5, 0.6) is 11.5 Å². The third-order valence-electron chi connectivity index (χ3n) is 3.84. The molecule has 0 spiro atoms. The quantitative estimate of drug-likeness (QED) is 0.499. The minimum Gasteiger partial charge on any atom is -0.490 e. The molecule has 7 nitrogen and oxygen atoms in total. The third-order valence-corrected chi connectivity index (χ3v) is 4.72. The van der Waals surface area contributed by atoms with Gasteiger partial charge >= 0.3 is 6.01 Å². The van der Waals surface area contributed by atoms with Gasteiger partial charge in [-0.1, -0.05) is 18.1 Å². The van der Waals surface area contributed by atoms with Gasteiger partial charge in [0.05, 0.1) is 13.2 Å². The van der Waals surface area contributed by atoms with Gasteiger partial charge in [-0.25, -0.2) is 0 Å². The third kappa shape index (κ3) is 5.29. The number of carbonyl (C=O) groups is 1. The maximum atomic E-state index is 12.5. The van der Waals surface area contributed by atoms with Crippen LogP contribution in [0.2, 0.25) is 0 Å². The van der Waals surface area contributed by atoms with Gasteiger partial charge in [0.2, 0.25) is 5.89 Å². The van der Waals surface area contributed by atoms with Crippen molar-refractivity contribution in [2.45, 2.75) is 25.7 Å². The zero-order valence-electron chi connectivity index (χ0n) is 16.6. The number of nitrogens with one attached hydrogen (secondary N) is 1. The maximum absolute atomic E-state index is 12.5. The molecule has 3 aromatic rings. The van der Waals surface area contributed by atoms with Crippen LogP contribution in [0, 0.1) is 0 Å². The molecule has 0 fully saturated rings. The Morgan fingerprint density at radius 3 is 2.59 bits per heavy atom. The van der Waals surface area contributed by atoms with Gasteiger partial charge in [0.15, 0.2) is 11.5 Å². The summed E-state index contributed by atoms with van der Waals surface area (Å²) in [6.07, 6.45) is 0. The molecule has 2 aromatic carbocycles. The fourth-order valence-corrected chi connectivity index (χ4v) is 3.36. The topological polar surface area (TPSA) is 86.5 Å². The van der Waals surface area contributed by atoms with Crippen LogP contribution in [0.4, 0.5) is 6.01 Å². The molecule has 0 radical (unpaired) electrons. The average Bonchev–Trinajstić information content (AvgIpc) is 3.18. The van der Waals surface area contributed by atoms with Crippen LogP contribution in [0.1, 0.15) is 31.1 Å². The Morgan fingerprint density at radius 1 is 1.03 bits per heavy atom. The van der Waals surface area contributed by atoms with Crippen molar-refractivity contribution in [2.24, 2.45) is 0 Å². The second kappa shape index (κ2) is 9.97. The molecule has 0 aliphatic heterocycles. The van der Waals surface area contributed by atoms with Gasteiger partial charge in [-0.15, -0.1) is 16.9 Å². The number of hydrogen-bond donors (Lipinski definition) is 1. The van der Waals surface area contributed by atoms with Gasteiger partial charge in [-0.2, -0.15) is 0 Å². The monoisotopic (exact) mass is 413 g/mol. The molecule has 3 rings (SSSR count). The predicted molar refractivity (Wildman–Crippen MR) is 113 cm³/mol. The van der Waals surface area contributed by atoms with Crippen molar-refractivity contribution < 1.29 is 18.7 Å². The minimum absolute atomic E-state index is 0.0328. The molecule has 0 bridgehead atoms. The Labute approximate surface area is 173 Å². The highest BCUT2D eigenvalue weighted by molar-refractivity contribution is 7.99. The number of amides is 1. The normalized spacial score (nSPS) is 10.6. The van der Waals surface area contributed by atoms with Crippen LogP contribution < -0.4 is 14.8 Å². The van der Waals surface area contributed by atoms with Crippen molar-refractivity contribution >= 4 is 23.7 Å². The smallest absolute Gasteiger partial charge is 0.322 e. The highest BCUT2D eigenvalue weighted by Crippen LogP contribution is 2.33. The Balaban J connectivity index is 1.76. The van der Waals surface area contributed by atoms with E-state index in [9.17, 15) is 4.79 Å². The van der Waals surface area contributed by atoms with Crippen molar-refractivity contribution in [3.63, 3.8) is 0 Å². The Bertz CT molecular complexity index is 974. The molecule has 0 aliphatic carbocycles. The summed E-state index contributed by atoms with van der Waals surface area (Å²) >= 11 is 1.67. The molecule has 0 unspecified atom stereocenters. The summed E-state index contributed by atoms with van der Waals surface area (Å²) in [4.78, 5) is 13.5. The number of hydrogen-bond acceptors (Lipinski definition) is 7. The number of ether oxygens (including phenoxy) is 2. The lowest BCUT2D eigenvalue weighted by atomic mass is 10.2.